The van der Waals surface area contributed by atoms with Crippen LogP contribution in [0.4, 0.5) is 17.6 Å². The summed E-state index contributed by atoms with van der Waals surface area (Å²) in [6.07, 6.45) is 9.64. The molecule has 84 heavy (non-hydrogen) atoms. The maximum atomic E-state index is 16.8. The molecule has 442 valence electrons. The van der Waals surface area contributed by atoms with Gasteiger partial charge in [0.2, 0.25) is 0 Å². The van der Waals surface area contributed by atoms with Crippen LogP contribution in [0.1, 0.15) is 102 Å². The van der Waals surface area contributed by atoms with Crippen LogP contribution in [-0.4, -0.2) is 80.0 Å². The van der Waals surface area contributed by atoms with Crippen LogP contribution in [-0.2, 0) is 57.2 Å². The minimum absolute atomic E-state index is 0.0131. The quantitative estimate of drug-likeness (QED) is 0.0326. The van der Waals surface area contributed by atoms with Crippen molar-refractivity contribution in [2.24, 2.45) is 0 Å². The van der Waals surface area contributed by atoms with Gasteiger partial charge in [0.1, 0.15) is 23.3 Å². The summed E-state index contributed by atoms with van der Waals surface area (Å²) in [6.45, 7) is 6.66. The van der Waals surface area contributed by atoms with Crippen LogP contribution in [0.3, 0.4) is 0 Å². The van der Waals surface area contributed by atoms with Crippen molar-refractivity contribution in [1.29, 1.82) is 0 Å². The molecule has 0 fully saturated rings. The summed E-state index contributed by atoms with van der Waals surface area (Å²) in [7, 11) is -18.0. The Kier molecular flexibility index (Phi) is 18.7. The first kappa shape index (κ1) is 61.4. The third-order valence-corrected chi connectivity index (χ3v) is 18.9. The van der Waals surface area contributed by atoms with E-state index in [9.17, 15) is 33.7 Å². The van der Waals surface area contributed by atoms with Crippen molar-refractivity contribution in [3.05, 3.63) is 143 Å². The van der Waals surface area contributed by atoms with E-state index in [-0.39, 0.29) is 116 Å². The molecule has 24 heteroatoms. The van der Waals surface area contributed by atoms with E-state index in [1.54, 1.807) is 0 Å². The average molecular weight is 1230 g/mol. The molecule has 0 saturated carbocycles. The van der Waals surface area contributed by atoms with E-state index >= 15 is 17.6 Å². The van der Waals surface area contributed by atoms with Crippen LogP contribution >= 0.6 is 0 Å². The Hall–Kier alpha value is -7.16. The predicted molar refractivity (Wildman–Crippen MR) is 313 cm³/mol. The molecule has 0 radical (unpaired) electrons. The molecule has 0 unspecified atom stereocenters. The van der Waals surface area contributed by atoms with Crippen molar-refractivity contribution >= 4 is 86.8 Å². The number of H-pyrrole nitrogens is 2. The molecule has 0 aliphatic carbocycles. The van der Waals surface area contributed by atoms with Gasteiger partial charge in [-0.1, -0.05) is 53.4 Å². The fourth-order valence-electron chi connectivity index (χ4n) is 9.27. The van der Waals surface area contributed by atoms with Gasteiger partial charge in [0, 0.05) is 66.6 Å². The minimum Gasteiger partial charge on any atom is -0.354 e. The van der Waals surface area contributed by atoms with E-state index in [0.29, 0.717) is 51.4 Å². The average Bonchev–Trinajstić information content (AvgIpc) is 4.51. The zero-order chi connectivity index (χ0) is 60.1. The zero-order valence-electron chi connectivity index (χ0n) is 46.0. The summed E-state index contributed by atoms with van der Waals surface area (Å²) in [5.41, 5.74) is -2.05. The number of nitrogens with one attached hydrogen (secondary N) is 2. The molecular formula is C60H58F4N4O12S4. The second-order valence-corrected chi connectivity index (χ2v) is 26.0. The third-order valence-electron chi connectivity index (χ3n) is 13.7. The minimum atomic E-state index is -4.51. The Morgan fingerprint density at radius 1 is 0.345 bits per heavy atom. The summed E-state index contributed by atoms with van der Waals surface area (Å²) in [6, 6.07) is 17.8. The van der Waals surface area contributed by atoms with Gasteiger partial charge in [0.25, 0.3) is 40.5 Å². The van der Waals surface area contributed by atoms with Crippen molar-refractivity contribution in [1.82, 2.24) is 19.9 Å². The number of aromatic amines is 2. The highest BCUT2D eigenvalue weighted by Gasteiger charge is 2.28. The number of fused-ring (bicyclic) bond motifs is 8. The molecule has 5 heterocycles. The summed E-state index contributed by atoms with van der Waals surface area (Å²) >= 11 is 0. The van der Waals surface area contributed by atoms with Crippen molar-refractivity contribution in [2.45, 2.75) is 98.6 Å². The molecule has 0 amide bonds. The number of nitrogens with zero attached hydrogens (tertiary/aromatic N) is 2. The van der Waals surface area contributed by atoms with E-state index in [4.69, 9.17) is 26.7 Å². The molecule has 9 rings (SSSR count). The van der Waals surface area contributed by atoms with E-state index in [0.717, 1.165) is 72.8 Å². The van der Waals surface area contributed by atoms with Crippen molar-refractivity contribution in [3.8, 4) is 44.5 Å². The monoisotopic (exact) mass is 1230 g/mol. The number of unbranched alkanes of at least 4 members (excludes halogenated alkanes) is 4. The van der Waals surface area contributed by atoms with Crippen LogP contribution in [0.25, 0.3) is 90.9 Å². The van der Waals surface area contributed by atoms with Crippen molar-refractivity contribution in [2.75, 3.05) is 26.4 Å². The zero-order valence-corrected chi connectivity index (χ0v) is 49.2. The Morgan fingerprint density at radius 3 is 0.762 bits per heavy atom. The Morgan fingerprint density at radius 2 is 0.560 bits per heavy atom. The van der Waals surface area contributed by atoms with Gasteiger partial charge in [-0.15, -0.1) is 0 Å². The van der Waals surface area contributed by atoms with Crippen LogP contribution in [0.5, 0.6) is 0 Å². The SMILES string of the molecule is CCCCOS(=O)(=O)c1ccc(F)c(-c2c3nc(c(-c4cc(S(=O)(=O)OCCCC)ccc4F)c4ccc([nH]4)c(-c4cc(S(=O)(=O)OCCCC)ccc4F)c4nc(c(-c5cc(S(=O)(=O)OCCCC)ccc5F)c5ccc2[nH]5)C=C4)C=C3)c1. The molecule has 0 saturated heterocycles. The lowest BCUT2D eigenvalue weighted by Crippen LogP contribution is -2.08. The molecule has 2 aliphatic heterocycles. The number of hydrogen-bond acceptors (Lipinski definition) is 14. The van der Waals surface area contributed by atoms with Gasteiger partial charge in [-0.2, -0.15) is 33.7 Å². The van der Waals surface area contributed by atoms with E-state index in [1.165, 1.54) is 48.6 Å². The van der Waals surface area contributed by atoms with Gasteiger partial charge in [-0.25, -0.2) is 27.5 Å². The lowest BCUT2D eigenvalue weighted by Gasteiger charge is -2.11. The largest absolute Gasteiger partial charge is 0.354 e. The van der Waals surface area contributed by atoms with E-state index in [1.807, 2.05) is 27.7 Å². The predicted octanol–water partition coefficient (Wildman–Crippen LogP) is 13.9. The Labute approximate surface area is 484 Å². The van der Waals surface area contributed by atoms with Gasteiger partial charge in [0.05, 0.1) is 68.8 Å². The van der Waals surface area contributed by atoms with Gasteiger partial charge in [-0.05, 0) is 147 Å². The maximum absolute atomic E-state index is 16.8. The number of aromatic nitrogens is 4. The van der Waals surface area contributed by atoms with Gasteiger partial charge in [0.15, 0.2) is 0 Å². The smallest absolute Gasteiger partial charge is 0.296 e. The molecule has 7 aromatic rings. The third kappa shape index (κ3) is 13.0. The molecule has 3 aromatic heterocycles. The summed E-state index contributed by atoms with van der Waals surface area (Å²) in [4.78, 5) is 14.5. The normalized spacial score (nSPS) is 12.9. The first-order valence-corrected chi connectivity index (χ1v) is 32.7. The van der Waals surface area contributed by atoms with E-state index in [2.05, 4.69) is 9.97 Å². The number of halogens is 4. The number of benzene rings is 4. The molecule has 0 spiro atoms. The van der Waals surface area contributed by atoms with Crippen molar-refractivity contribution < 1.29 is 68.0 Å². The molecule has 4 aromatic carbocycles. The number of rotatable bonds is 24. The van der Waals surface area contributed by atoms with E-state index < -0.39 is 83.3 Å². The summed E-state index contributed by atoms with van der Waals surface area (Å²) in [5, 5.41) is 0. The van der Waals surface area contributed by atoms with Crippen LogP contribution < -0.4 is 0 Å². The fraction of sp³-hybridized carbons (Fsp3) is 0.267. The highest BCUT2D eigenvalue weighted by Crippen LogP contribution is 2.42. The molecule has 2 N–H and O–H groups in total. The molecule has 0 atom stereocenters. The Bertz CT molecular complexity index is 3860. The first-order valence-electron chi connectivity index (χ1n) is 27.0. The molecule has 8 bridgehead atoms. The Balaban J connectivity index is 1.46. The van der Waals surface area contributed by atoms with Crippen LogP contribution in [0.2, 0.25) is 0 Å². The van der Waals surface area contributed by atoms with Gasteiger partial charge < -0.3 is 9.97 Å². The maximum Gasteiger partial charge on any atom is 0.296 e. The highest BCUT2D eigenvalue weighted by molar-refractivity contribution is 7.87. The molecular weight excluding hydrogens is 1170 g/mol. The highest BCUT2D eigenvalue weighted by atomic mass is 32.2. The van der Waals surface area contributed by atoms with Crippen molar-refractivity contribution in [3.63, 3.8) is 0 Å². The molecule has 16 nitrogen and oxygen atoms in total. The van der Waals surface area contributed by atoms with Gasteiger partial charge >= 0.3 is 0 Å². The number of hydrogen-bond donors (Lipinski definition) is 2. The second-order valence-electron chi connectivity index (χ2n) is 19.6. The topological polar surface area (TPSA) is 231 Å². The summed E-state index contributed by atoms with van der Waals surface area (Å²) in [5.74, 6) is -3.79. The molecule has 2 aliphatic rings. The summed E-state index contributed by atoms with van der Waals surface area (Å²) < 4.78 is 198. The van der Waals surface area contributed by atoms with Crippen LogP contribution in [0, 0.1) is 23.3 Å². The standard InChI is InChI=1S/C60H58F4N4O12S4/c1-5-9-29-77-81(69,70)37-13-17-45(61)41(33-37)57-49-21-23-51(65-49)58(42-34-38(14-18-46(42)62)82(71,72)78-30-10-6-2)53-25-27-55(67-53)60(44-36-40(16-20-48(44)64)84(75,76)80-32-12-8-4)56-28-26-54(68-56)59(52-24-22-50(57)66-52)43-35-39(15-19-47(43)63)83(73,74)79-31-11-7-3/h13-28,33-36,65,68H,5-12,29-32H2,1-4H3. The lowest BCUT2D eigenvalue weighted by atomic mass is 10.0. The van der Waals surface area contributed by atoms with Gasteiger partial charge in [-0.3, -0.25) is 16.7 Å². The lowest BCUT2D eigenvalue weighted by molar-refractivity contribution is 0.310. The fourth-order valence-corrected chi connectivity index (χ4v) is 13.1. The van der Waals surface area contributed by atoms with Crippen LogP contribution in [0.15, 0.2) is 117 Å². The second kappa shape index (κ2) is 25.6. The first-order chi connectivity index (χ1) is 40.1.